The van der Waals surface area contributed by atoms with Gasteiger partial charge in [0, 0.05) is 19.4 Å². The van der Waals surface area contributed by atoms with Crippen LogP contribution in [0.4, 0.5) is 0 Å². The van der Waals surface area contributed by atoms with Gasteiger partial charge in [-0.2, -0.15) is 0 Å². The molecule has 0 bridgehead atoms. The summed E-state index contributed by atoms with van der Waals surface area (Å²) in [7, 11) is -4.38. The second-order valence-corrected chi connectivity index (χ2v) is 16.3. The van der Waals surface area contributed by atoms with E-state index < -0.39 is 26.5 Å². The van der Waals surface area contributed by atoms with E-state index in [1.807, 2.05) is 0 Å². The van der Waals surface area contributed by atoms with E-state index in [9.17, 15) is 19.0 Å². The summed E-state index contributed by atoms with van der Waals surface area (Å²) >= 11 is 0. The largest absolute Gasteiger partial charge is 0.472 e. The number of phosphoric acid groups is 1. The van der Waals surface area contributed by atoms with Crippen molar-refractivity contribution in [3.63, 3.8) is 0 Å². The number of hydrogen-bond donors (Lipinski definition) is 2. The summed E-state index contributed by atoms with van der Waals surface area (Å²) in [6.45, 7) is 3.58. The van der Waals surface area contributed by atoms with Gasteiger partial charge in [-0.3, -0.25) is 18.6 Å². The predicted octanol–water partition coefficient (Wildman–Crippen LogP) is 13.4. The van der Waals surface area contributed by atoms with Gasteiger partial charge in [0.1, 0.15) is 6.61 Å². The van der Waals surface area contributed by atoms with E-state index in [2.05, 4.69) is 86.8 Å². The monoisotopic (exact) mass is 834 g/mol. The lowest BCUT2D eigenvalue weighted by Crippen LogP contribution is -2.29. The van der Waals surface area contributed by atoms with Crippen molar-refractivity contribution in [3.05, 3.63) is 72.9 Å². The van der Waals surface area contributed by atoms with E-state index in [1.54, 1.807) is 0 Å². The summed E-state index contributed by atoms with van der Waals surface area (Å²) in [5, 5.41) is 0. The average molecular weight is 834 g/mol. The number of allylic oxidation sites excluding steroid dienone is 12. The zero-order chi connectivity index (χ0) is 42.5. The number of unbranched alkanes of at least 4 members (excludes halogenated alkanes) is 17. The summed E-state index contributed by atoms with van der Waals surface area (Å²) < 4.78 is 32.7. The third-order valence-corrected chi connectivity index (χ3v) is 10.3. The number of rotatable bonds is 42. The normalized spacial score (nSPS) is 13.9. The van der Waals surface area contributed by atoms with Gasteiger partial charge in [0.05, 0.1) is 13.2 Å². The van der Waals surface area contributed by atoms with Gasteiger partial charge in [-0.05, 0) is 64.2 Å². The molecular formula is C48H84NO8P. The van der Waals surface area contributed by atoms with Gasteiger partial charge >= 0.3 is 19.8 Å². The molecule has 0 saturated heterocycles. The quantitative estimate of drug-likeness (QED) is 0.0267. The van der Waals surface area contributed by atoms with Crippen LogP contribution in [0.15, 0.2) is 72.9 Å². The number of carbonyl (C=O) groups is 2. The summed E-state index contributed by atoms with van der Waals surface area (Å²) in [4.78, 5) is 34.8. The van der Waals surface area contributed by atoms with Crippen LogP contribution in [-0.2, 0) is 32.7 Å². The molecule has 0 saturated carbocycles. The Labute approximate surface area is 354 Å². The molecule has 10 heteroatoms. The van der Waals surface area contributed by atoms with Crippen molar-refractivity contribution >= 4 is 19.8 Å². The Morgan fingerprint density at radius 3 is 1.41 bits per heavy atom. The maximum atomic E-state index is 12.6. The van der Waals surface area contributed by atoms with Crippen molar-refractivity contribution < 1.29 is 37.6 Å². The standard InChI is InChI=1S/C48H84NO8P/c1-3-5-7-9-11-13-15-16-17-18-19-20-21-22-23-24-25-26-27-28-29-30-31-33-35-37-39-41-48(51)57-46(45-56-58(52,53)55-43-42-49)44-54-47(50)40-38-36-34-32-14-12-10-8-6-4-2/h5,7,11,13,16-17,19-20,22-23,25-26,46H,3-4,6,8-10,12,14-15,18,21,24,27-45,49H2,1-2H3,(H,52,53)/b7-5-,13-11-,17-16-,20-19-,23-22-,26-25-. The zero-order valence-corrected chi connectivity index (χ0v) is 37.6. The van der Waals surface area contributed by atoms with Crippen LogP contribution in [0.2, 0.25) is 0 Å². The minimum Gasteiger partial charge on any atom is -0.462 e. The molecule has 0 spiro atoms. The molecule has 9 nitrogen and oxygen atoms in total. The van der Waals surface area contributed by atoms with E-state index in [0.29, 0.717) is 6.42 Å². The Morgan fingerprint density at radius 1 is 0.534 bits per heavy atom. The van der Waals surface area contributed by atoms with Crippen LogP contribution < -0.4 is 5.73 Å². The van der Waals surface area contributed by atoms with Gasteiger partial charge in [0.25, 0.3) is 0 Å². The van der Waals surface area contributed by atoms with Crippen molar-refractivity contribution in [2.24, 2.45) is 5.73 Å². The lowest BCUT2D eigenvalue weighted by atomic mass is 10.1. The van der Waals surface area contributed by atoms with Crippen molar-refractivity contribution in [2.75, 3.05) is 26.4 Å². The molecule has 0 aromatic carbocycles. The molecular weight excluding hydrogens is 750 g/mol. The summed E-state index contributed by atoms with van der Waals surface area (Å²) in [5.74, 6) is -0.842. The molecule has 2 atom stereocenters. The van der Waals surface area contributed by atoms with E-state index in [1.165, 1.54) is 70.6 Å². The van der Waals surface area contributed by atoms with Gasteiger partial charge in [-0.15, -0.1) is 0 Å². The van der Waals surface area contributed by atoms with Crippen LogP contribution in [-0.4, -0.2) is 49.3 Å². The Balaban J connectivity index is 4.07. The molecule has 2 unspecified atom stereocenters. The minimum atomic E-state index is -4.38. The van der Waals surface area contributed by atoms with Gasteiger partial charge < -0.3 is 20.1 Å². The number of carbonyl (C=O) groups excluding carboxylic acids is 2. The number of phosphoric ester groups is 1. The summed E-state index contributed by atoms with van der Waals surface area (Å²) in [6.07, 6.45) is 53.7. The van der Waals surface area contributed by atoms with Crippen LogP contribution in [0.3, 0.4) is 0 Å². The van der Waals surface area contributed by atoms with Crippen LogP contribution in [0.1, 0.15) is 187 Å². The highest BCUT2D eigenvalue weighted by Crippen LogP contribution is 2.43. The van der Waals surface area contributed by atoms with Crippen molar-refractivity contribution in [2.45, 2.75) is 193 Å². The van der Waals surface area contributed by atoms with Crippen molar-refractivity contribution in [1.29, 1.82) is 0 Å². The van der Waals surface area contributed by atoms with Crippen LogP contribution >= 0.6 is 7.82 Å². The molecule has 334 valence electrons. The minimum absolute atomic E-state index is 0.0496. The fraction of sp³-hybridized carbons (Fsp3) is 0.708. The molecule has 0 aliphatic carbocycles. The lowest BCUT2D eigenvalue weighted by molar-refractivity contribution is -0.161. The number of nitrogens with two attached hydrogens (primary N) is 1. The number of hydrogen-bond acceptors (Lipinski definition) is 8. The van der Waals surface area contributed by atoms with Gasteiger partial charge in [-0.1, -0.05) is 183 Å². The van der Waals surface area contributed by atoms with Crippen molar-refractivity contribution in [3.8, 4) is 0 Å². The van der Waals surface area contributed by atoms with E-state index in [0.717, 1.165) is 83.5 Å². The van der Waals surface area contributed by atoms with Gasteiger partial charge in [-0.25, -0.2) is 4.57 Å². The average Bonchev–Trinajstić information content (AvgIpc) is 3.21. The highest BCUT2D eigenvalue weighted by atomic mass is 31.2. The molecule has 0 radical (unpaired) electrons. The topological polar surface area (TPSA) is 134 Å². The second-order valence-electron chi connectivity index (χ2n) is 14.9. The lowest BCUT2D eigenvalue weighted by Gasteiger charge is -2.19. The molecule has 0 rings (SSSR count). The van der Waals surface area contributed by atoms with Crippen LogP contribution in [0.25, 0.3) is 0 Å². The van der Waals surface area contributed by atoms with Crippen LogP contribution in [0, 0.1) is 0 Å². The van der Waals surface area contributed by atoms with Gasteiger partial charge in [0.2, 0.25) is 0 Å². The van der Waals surface area contributed by atoms with E-state index in [4.69, 9.17) is 24.3 Å². The summed E-state index contributed by atoms with van der Waals surface area (Å²) in [5.41, 5.74) is 5.34. The highest BCUT2D eigenvalue weighted by Gasteiger charge is 2.26. The fourth-order valence-electron chi connectivity index (χ4n) is 5.99. The molecule has 0 heterocycles. The Kier molecular flexibility index (Phi) is 42.1. The molecule has 0 aromatic heterocycles. The van der Waals surface area contributed by atoms with Crippen molar-refractivity contribution in [1.82, 2.24) is 0 Å². The first-order valence-corrected chi connectivity index (χ1v) is 24.4. The molecule has 0 aliphatic heterocycles. The molecule has 3 N–H and O–H groups in total. The van der Waals surface area contributed by atoms with Crippen LogP contribution in [0.5, 0.6) is 0 Å². The Hall–Kier alpha value is -2.55. The Morgan fingerprint density at radius 2 is 0.948 bits per heavy atom. The maximum absolute atomic E-state index is 12.6. The first-order valence-electron chi connectivity index (χ1n) is 22.9. The van der Waals surface area contributed by atoms with E-state index >= 15 is 0 Å². The summed E-state index contributed by atoms with van der Waals surface area (Å²) in [6, 6.07) is 0. The smallest absolute Gasteiger partial charge is 0.462 e. The molecule has 0 amide bonds. The first kappa shape index (κ1) is 55.5. The van der Waals surface area contributed by atoms with Gasteiger partial charge in [0.15, 0.2) is 6.10 Å². The predicted molar refractivity (Wildman–Crippen MR) is 242 cm³/mol. The SMILES string of the molecule is CC/C=C\C/C=C\C/C=C\C/C=C\C/C=C\C/C=C\CCCCCCCCCCC(=O)OC(COC(=O)CCCCCCCCCCCC)COP(=O)(O)OCCN. The Bertz CT molecular complexity index is 1180. The molecule has 0 fully saturated rings. The van der Waals surface area contributed by atoms with E-state index in [-0.39, 0.29) is 38.6 Å². The first-order chi connectivity index (χ1) is 28.3. The number of ether oxygens (including phenoxy) is 2. The zero-order valence-electron chi connectivity index (χ0n) is 36.8. The third-order valence-electron chi connectivity index (χ3n) is 9.36. The third kappa shape index (κ3) is 43.0. The molecule has 0 aromatic rings. The fourth-order valence-corrected chi connectivity index (χ4v) is 6.76. The number of esters is 2. The molecule has 58 heavy (non-hydrogen) atoms. The highest BCUT2D eigenvalue weighted by molar-refractivity contribution is 7.47. The second kappa shape index (κ2) is 44.0. The maximum Gasteiger partial charge on any atom is 0.472 e. The molecule has 0 aliphatic rings.